The molecule has 0 N–H and O–H groups in total. The van der Waals surface area contributed by atoms with E-state index >= 15 is 0 Å². The van der Waals surface area contributed by atoms with Crippen LogP contribution >= 0.6 is 0 Å². The first-order valence-electron chi connectivity index (χ1n) is 8.66. The minimum Gasteiger partial charge on any atom is -0.465 e. The van der Waals surface area contributed by atoms with Gasteiger partial charge in [-0.05, 0) is 29.9 Å². The second-order valence-corrected chi connectivity index (χ2v) is 7.12. The number of hydrogen-bond acceptors (Lipinski definition) is 4. The van der Waals surface area contributed by atoms with Crippen molar-refractivity contribution in [3.8, 4) is 0 Å². The fraction of sp³-hybridized carbons (Fsp3) is 0.600. The van der Waals surface area contributed by atoms with Gasteiger partial charge in [-0.2, -0.15) is 0 Å². The molecule has 0 aromatic heterocycles. The number of carbonyl (C=O) groups is 2. The molecule has 0 spiro atoms. The predicted octanol–water partition coefficient (Wildman–Crippen LogP) is 4.26. The molecular formula is C20H30O4. The summed E-state index contributed by atoms with van der Waals surface area (Å²) in [5.74, 6) is -0.170. The van der Waals surface area contributed by atoms with Crippen LogP contribution in [0.5, 0.6) is 0 Å². The van der Waals surface area contributed by atoms with Crippen LogP contribution in [0.1, 0.15) is 57.6 Å². The van der Waals surface area contributed by atoms with E-state index in [9.17, 15) is 9.59 Å². The number of benzene rings is 1. The van der Waals surface area contributed by atoms with Crippen molar-refractivity contribution < 1.29 is 19.1 Å². The lowest BCUT2D eigenvalue weighted by molar-refractivity contribution is -0.147. The Morgan fingerprint density at radius 1 is 0.875 bits per heavy atom. The van der Waals surface area contributed by atoms with E-state index in [0.29, 0.717) is 25.0 Å². The number of ether oxygens (including phenoxy) is 2. The summed E-state index contributed by atoms with van der Waals surface area (Å²) in [6.07, 6.45) is 0.378. The maximum atomic E-state index is 12.1. The summed E-state index contributed by atoms with van der Waals surface area (Å²) >= 11 is 0. The minimum absolute atomic E-state index is 0.189. The maximum absolute atomic E-state index is 12.1. The van der Waals surface area contributed by atoms with Crippen molar-refractivity contribution in [2.45, 2.75) is 53.4 Å². The Hall–Kier alpha value is -1.84. The Kier molecular flexibility index (Phi) is 8.51. The Balaban J connectivity index is 2.78. The average Bonchev–Trinajstić information content (AvgIpc) is 2.51. The summed E-state index contributed by atoms with van der Waals surface area (Å²) in [7, 11) is 0. The van der Waals surface area contributed by atoms with E-state index in [1.54, 1.807) is 0 Å². The molecule has 1 aromatic rings. The van der Waals surface area contributed by atoms with Crippen LogP contribution in [-0.4, -0.2) is 25.2 Å². The lowest BCUT2D eigenvalue weighted by atomic mass is 9.89. The molecule has 0 unspecified atom stereocenters. The summed E-state index contributed by atoms with van der Waals surface area (Å²) in [6, 6.07) is 7.82. The number of rotatable bonds is 9. The van der Waals surface area contributed by atoms with E-state index in [1.807, 2.05) is 58.9 Å². The number of aryl methyl sites for hydroxylation is 1. The van der Waals surface area contributed by atoms with Gasteiger partial charge in [0.1, 0.15) is 0 Å². The van der Waals surface area contributed by atoms with Crippen molar-refractivity contribution in [2.24, 2.45) is 11.8 Å². The van der Waals surface area contributed by atoms with Gasteiger partial charge in [0, 0.05) is 5.92 Å². The molecule has 0 aliphatic rings. The van der Waals surface area contributed by atoms with Gasteiger partial charge in [-0.15, -0.1) is 0 Å². The molecule has 0 aliphatic carbocycles. The highest BCUT2D eigenvalue weighted by Crippen LogP contribution is 2.27. The maximum Gasteiger partial charge on any atom is 0.306 e. The molecule has 0 saturated carbocycles. The highest BCUT2D eigenvalue weighted by molar-refractivity contribution is 5.75. The topological polar surface area (TPSA) is 52.6 Å². The molecule has 0 fully saturated rings. The Labute approximate surface area is 145 Å². The lowest BCUT2D eigenvalue weighted by Crippen LogP contribution is -2.18. The SMILES string of the molecule is Cc1ccccc1C(CC(=O)OCC(C)C)CC(=O)OCC(C)C. The largest absolute Gasteiger partial charge is 0.465 e. The van der Waals surface area contributed by atoms with Crippen molar-refractivity contribution in [1.29, 1.82) is 0 Å². The fourth-order valence-corrected chi connectivity index (χ4v) is 2.38. The van der Waals surface area contributed by atoms with Gasteiger partial charge in [0.15, 0.2) is 0 Å². The Morgan fingerprint density at radius 2 is 1.33 bits per heavy atom. The third-order valence-electron chi connectivity index (χ3n) is 3.61. The zero-order valence-corrected chi connectivity index (χ0v) is 15.5. The van der Waals surface area contributed by atoms with E-state index < -0.39 is 0 Å². The van der Waals surface area contributed by atoms with Crippen LogP contribution in [-0.2, 0) is 19.1 Å². The van der Waals surface area contributed by atoms with Gasteiger partial charge in [0.25, 0.3) is 0 Å². The van der Waals surface area contributed by atoms with Crippen LogP contribution in [0.3, 0.4) is 0 Å². The van der Waals surface area contributed by atoms with Gasteiger partial charge in [-0.3, -0.25) is 9.59 Å². The third kappa shape index (κ3) is 7.62. The number of hydrogen-bond donors (Lipinski definition) is 0. The molecule has 24 heavy (non-hydrogen) atoms. The first kappa shape index (κ1) is 20.2. The summed E-state index contributed by atoms with van der Waals surface area (Å²) in [5, 5.41) is 0. The Bertz CT molecular complexity index is 508. The van der Waals surface area contributed by atoms with Crippen LogP contribution in [0, 0.1) is 18.8 Å². The molecule has 0 amide bonds. The van der Waals surface area contributed by atoms with Crippen molar-refractivity contribution >= 4 is 11.9 Å². The molecule has 0 bridgehead atoms. The van der Waals surface area contributed by atoms with E-state index in [-0.39, 0.29) is 30.7 Å². The molecule has 0 atom stereocenters. The van der Waals surface area contributed by atoms with Gasteiger partial charge < -0.3 is 9.47 Å². The van der Waals surface area contributed by atoms with Gasteiger partial charge >= 0.3 is 11.9 Å². The van der Waals surface area contributed by atoms with Crippen LogP contribution < -0.4 is 0 Å². The van der Waals surface area contributed by atoms with Gasteiger partial charge in [-0.25, -0.2) is 0 Å². The molecule has 0 aliphatic heterocycles. The van der Waals surface area contributed by atoms with Gasteiger partial charge in [0.2, 0.25) is 0 Å². The number of esters is 2. The van der Waals surface area contributed by atoms with Crippen molar-refractivity contribution in [3.63, 3.8) is 0 Å². The van der Waals surface area contributed by atoms with E-state index in [1.165, 1.54) is 0 Å². The lowest BCUT2D eigenvalue weighted by Gasteiger charge is -2.19. The third-order valence-corrected chi connectivity index (χ3v) is 3.61. The monoisotopic (exact) mass is 334 g/mol. The predicted molar refractivity (Wildman–Crippen MR) is 94.7 cm³/mol. The van der Waals surface area contributed by atoms with Crippen LogP contribution in [0.25, 0.3) is 0 Å². The summed E-state index contributed by atoms with van der Waals surface area (Å²) in [6.45, 7) is 10.8. The van der Waals surface area contributed by atoms with Crippen molar-refractivity contribution in [2.75, 3.05) is 13.2 Å². The second kappa shape index (κ2) is 10.1. The van der Waals surface area contributed by atoms with Crippen LogP contribution in [0.2, 0.25) is 0 Å². The molecule has 1 aromatic carbocycles. The first-order valence-corrected chi connectivity index (χ1v) is 8.66. The van der Waals surface area contributed by atoms with Gasteiger partial charge in [-0.1, -0.05) is 52.0 Å². The standard InChI is InChI=1S/C20H30O4/c1-14(2)12-23-19(21)10-17(11-20(22)24-13-15(3)4)18-9-7-6-8-16(18)5/h6-9,14-15,17H,10-13H2,1-5H3. The molecule has 4 nitrogen and oxygen atoms in total. The summed E-state index contributed by atoms with van der Waals surface area (Å²) < 4.78 is 10.6. The Morgan fingerprint density at radius 3 is 1.75 bits per heavy atom. The molecule has 0 heterocycles. The molecule has 0 saturated heterocycles. The highest BCUT2D eigenvalue weighted by atomic mass is 16.5. The summed E-state index contributed by atoms with van der Waals surface area (Å²) in [5.41, 5.74) is 2.07. The number of carbonyl (C=O) groups excluding carboxylic acids is 2. The van der Waals surface area contributed by atoms with Crippen molar-refractivity contribution in [3.05, 3.63) is 35.4 Å². The fourth-order valence-electron chi connectivity index (χ4n) is 2.38. The van der Waals surface area contributed by atoms with E-state index in [4.69, 9.17) is 9.47 Å². The highest BCUT2D eigenvalue weighted by Gasteiger charge is 2.23. The van der Waals surface area contributed by atoms with Crippen LogP contribution in [0.4, 0.5) is 0 Å². The second-order valence-electron chi connectivity index (χ2n) is 7.12. The quantitative estimate of drug-likeness (QED) is 0.633. The molecule has 4 heteroatoms. The molecule has 0 radical (unpaired) electrons. The zero-order chi connectivity index (χ0) is 18.1. The first-order chi connectivity index (χ1) is 11.3. The smallest absolute Gasteiger partial charge is 0.306 e. The zero-order valence-electron chi connectivity index (χ0n) is 15.5. The summed E-state index contributed by atoms with van der Waals surface area (Å²) in [4.78, 5) is 24.2. The van der Waals surface area contributed by atoms with E-state index in [2.05, 4.69) is 0 Å². The minimum atomic E-state index is -0.270. The van der Waals surface area contributed by atoms with Crippen molar-refractivity contribution in [1.82, 2.24) is 0 Å². The normalized spacial score (nSPS) is 11.2. The molecule has 1 rings (SSSR count). The molecule has 134 valence electrons. The molecular weight excluding hydrogens is 304 g/mol. The average molecular weight is 334 g/mol. The van der Waals surface area contributed by atoms with E-state index in [0.717, 1.165) is 11.1 Å². The van der Waals surface area contributed by atoms with Gasteiger partial charge in [0.05, 0.1) is 26.1 Å². The van der Waals surface area contributed by atoms with Crippen LogP contribution in [0.15, 0.2) is 24.3 Å².